The number of hydrogen-bond acceptors (Lipinski definition) is 2. The number of rotatable bonds is 7. The van der Waals surface area contributed by atoms with E-state index < -0.39 is 0 Å². The molecule has 4 unspecified atom stereocenters. The average Bonchev–Trinajstić information content (AvgIpc) is 2.39. The molecule has 1 aliphatic rings. The first kappa shape index (κ1) is 17.5. The van der Waals surface area contributed by atoms with Crippen molar-refractivity contribution in [2.45, 2.75) is 91.3 Å². The molecule has 0 aromatic heterocycles. The monoisotopic (exact) mass is 282 g/mol. The van der Waals surface area contributed by atoms with Gasteiger partial charge >= 0.3 is 0 Å². The SMILES string of the molecule is CCCC(C)NC(=O)C(C)NC1CCCCC1C(C)C. The van der Waals surface area contributed by atoms with Crippen molar-refractivity contribution in [3.63, 3.8) is 0 Å². The van der Waals surface area contributed by atoms with Crippen LogP contribution >= 0.6 is 0 Å². The molecule has 0 aromatic carbocycles. The third-order valence-corrected chi connectivity index (χ3v) is 4.64. The fraction of sp³-hybridized carbons (Fsp3) is 0.941. The summed E-state index contributed by atoms with van der Waals surface area (Å²) >= 11 is 0. The Morgan fingerprint density at radius 3 is 2.40 bits per heavy atom. The van der Waals surface area contributed by atoms with Crippen LogP contribution in [0.25, 0.3) is 0 Å². The van der Waals surface area contributed by atoms with Crippen LogP contribution in [-0.2, 0) is 4.79 Å². The lowest BCUT2D eigenvalue weighted by Crippen LogP contribution is -2.52. The molecule has 0 saturated heterocycles. The number of nitrogens with one attached hydrogen (secondary N) is 2. The first-order valence-electron chi connectivity index (χ1n) is 8.52. The van der Waals surface area contributed by atoms with Crippen LogP contribution in [0.15, 0.2) is 0 Å². The Morgan fingerprint density at radius 1 is 1.15 bits per heavy atom. The molecule has 0 heterocycles. The smallest absolute Gasteiger partial charge is 0.237 e. The fourth-order valence-corrected chi connectivity index (χ4v) is 3.43. The van der Waals surface area contributed by atoms with Gasteiger partial charge in [0.2, 0.25) is 5.91 Å². The summed E-state index contributed by atoms with van der Waals surface area (Å²) in [6, 6.07) is 0.702. The summed E-state index contributed by atoms with van der Waals surface area (Å²) in [6.07, 6.45) is 7.31. The Morgan fingerprint density at radius 2 is 1.80 bits per heavy atom. The Balaban J connectivity index is 2.46. The van der Waals surface area contributed by atoms with Crippen molar-refractivity contribution in [2.24, 2.45) is 11.8 Å². The lowest BCUT2D eigenvalue weighted by molar-refractivity contribution is -0.123. The van der Waals surface area contributed by atoms with Crippen LogP contribution < -0.4 is 10.6 Å². The van der Waals surface area contributed by atoms with Gasteiger partial charge in [-0.25, -0.2) is 0 Å². The van der Waals surface area contributed by atoms with Gasteiger partial charge in [0.1, 0.15) is 0 Å². The van der Waals surface area contributed by atoms with Gasteiger partial charge in [-0.15, -0.1) is 0 Å². The first-order chi connectivity index (χ1) is 9.45. The highest BCUT2D eigenvalue weighted by atomic mass is 16.2. The molecule has 1 saturated carbocycles. The predicted octanol–water partition coefficient (Wildman–Crippen LogP) is 3.48. The summed E-state index contributed by atoms with van der Waals surface area (Å²) in [5.41, 5.74) is 0. The minimum atomic E-state index is -0.0846. The number of amides is 1. The second kappa shape index (κ2) is 8.66. The molecule has 1 aliphatic carbocycles. The number of carbonyl (C=O) groups is 1. The molecule has 0 aromatic rings. The summed E-state index contributed by atoms with van der Waals surface area (Å²) in [4.78, 5) is 12.2. The van der Waals surface area contributed by atoms with Gasteiger partial charge in [0.05, 0.1) is 6.04 Å². The van der Waals surface area contributed by atoms with E-state index in [2.05, 4.69) is 38.3 Å². The van der Waals surface area contributed by atoms with E-state index in [1.165, 1.54) is 25.7 Å². The highest BCUT2D eigenvalue weighted by Gasteiger charge is 2.29. The maximum absolute atomic E-state index is 12.2. The third-order valence-electron chi connectivity index (χ3n) is 4.64. The fourth-order valence-electron chi connectivity index (χ4n) is 3.43. The molecule has 3 nitrogen and oxygen atoms in total. The van der Waals surface area contributed by atoms with Crippen molar-refractivity contribution in [1.29, 1.82) is 0 Å². The summed E-state index contributed by atoms with van der Waals surface area (Å²) in [6.45, 7) is 10.8. The van der Waals surface area contributed by atoms with Gasteiger partial charge in [-0.05, 0) is 44.9 Å². The van der Waals surface area contributed by atoms with E-state index in [1.807, 2.05) is 6.92 Å². The Bertz CT molecular complexity index is 291. The van der Waals surface area contributed by atoms with Crippen molar-refractivity contribution in [2.75, 3.05) is 0 Å². The maximum atomic E-state index is 12.2. The van der Waals surface area contributed by atoms with E-state index in [0.29, 0.717) is 17.9 Å². The molecule has 2 N–H and O–H groups in total. The van der Waals surface area contributed by atoms with Crippen molar-refractivity contribution in [3.8, 4) is 0 Å². The van der Waals surface area contributed by atoms with Crippen molar-refractivity contribution in [1.82, 2.24) is 10.6 Å². The topological polar surface area (TPSA) is 41.1 Å². The zero-order chi connectivity index (χ0) is 15.1. The molecule has 1 fully saturated rings. The summed E-state index contributed by atoms with van der Waals surface area (Å²) < 4.78 is 0. The van der Waals surface area contributed by atoms with Gasteiger partial charge in [-0.1, -0.05) is 40.0 Å². The minimum Gasteiger partial charge on any atom is -0.352 e. The van der Waals surface area contributed by atoms with Crippen molar-refractivity contribution in [3.05, 3.63) is 0 Å². The second-order valence-electron chi connectivity index (χ2n) is 6.89. The molecule has 0 spiro atoms. The van der Waals surface area contributed by atoms with Gasteiger partial charge < -0.3 is 10.6 Å². The molecule has 3 heteroatoms. The van der Waals surface area contributed by atoms with Gasteiger partial charge in [-0.2, -0.15) is 0 Å². The zero-order valence-corrected chi connectivity index (χ0v) is 14.0. The summed E-state index contributed by atoms with van der Waals surface area (Å²) in [5.74, 6) is 1.56. The van der Waals surface area contributed by atoms with Crippen LogP contribution in [0.2, 0.25) is 0 Å². The molecular formula is C17H34N2O. The predicted molar refractivity (Wildman–Crippen MR) is 85.7 cm³/mol. The molecule has 0 aliphatic heterocycles. The van der Waals surface area contributed by atoms with Gasteiger partial charge in [0.25, 0.3) is 0 Å². The molecule has 4 atom stereocenters. The van der Waals surface area contributed by atoms with Crippen LogP contribution in [0, 0.1) is 11.8 Å². The molecule has 118 valence electrons. The summed E-state index contributed by atoms with van der Waals surface area (Å²) in [5, 5.41) is 6.70. The minimum absolute atomic E-state index is 0.0846. The van der Waals surface area contributed by atoms with E-state index in [-0.39, 0.29) is 18.0 Å². The quantitative estimate of drug-likeness (QED) is 0.750. The van der Waals surface area contributed by atoms with E-state index in [1.54, 1.807) is 0 Å². The van der Waals surface area contributed by atoms with Gasteiger partial charge in [-0.3, -0.25) is 4.79 Å². The standard InChI is InChI=1S/C17H34N2O/c1-6-9-13(4)18-17(20)14(5)19-16-11-8-7-10-15(16)12(2)3/h12-16,19H,6-11H2,1-5H3,(H,18,20). The zero-order valence-electron chi connectivity index (χ0n) is 14.0. The van der Waals surface area contributed by atoms with E-state index in [4.69, 9.17) is 0 Å². The van der Waals surface area contributed by atoms with Crippen LogP contribution in [0.4, 0.5) is 0 Å². The maximum Gasteiger partial charge on any atom is 0.237 e. The Kier molecular flexibility index (Phi) is 7.57. The normalized spacial score (nSPS) is 26.3. The summed E-state index contributed by atoms with van der Waals surface area (Å²) in [7, 11) is 0. The average molecular weight is 282 g/mol. The molecule has 0 bridgehead atoms. The molecular weight excluding hydrogens is 248 g/mol. The van der Waals surface area contributed by atoms with Crippen molar-refractivity contribution < 1.29 is 4.79 Å². The Labute approximate surface area is 125 Å². The van der Waals surface area contributed by atoms with Crippen LogP contribution in [0.5, 0.6) is 0 Å². The lowest BCUT2D eigenvalue weighted by atomic mass is 9.77. The highest BCUT2D eigenvalue weighted by molar-refractivity contribution is 5.81. The van der Waals surface area contributed by atoms with E-state index in [0.717, 1.165) is 12.8 Å². The van der Waals surface area contributed by atoms with E-state index in [9.17, 15) is 4.79 Å². The van der Waals surface area contributed by atoms with E-state index >= 15 is 0 Å². The largest absolute Gasteiger partial charge is 0.352 e. The van der Waals surface area contributed by atoms with Crippen LogP contribution in [-0.4, -0.2) is 24.0 Å². The number of carbonyl (C=O) groups excluding carboxylic acids is 1. The highest BCUT2D eigenvalue weighted by Crippen LogP contribution is 2.30. The lowest BCUT2D eigenvalue weighted by Gasteiger charge is -2.36. The molecule has 1 amide bonds. The molecule has 1 rings (SSSR count). The van der Waals surface area contributed by atoms with Crippen LogP contribution in [0.1, 0.15) is 73.1 Å². The van der Waals surface area contributed by atoms with Crippen LogP contribution in [0.3, 0.4) is 0 Å². The molecule has 20 heavy (non-hydrogen) atoms. The second-order valence-corrected chi connectivity index (χ2v) is 6.89. The first-order valence-corrected chi connectivity index (χ1v) is 8.52. The third kappa shape index (κ3) is 5.43. The van der Waals surface area contributed by atoms with Gasteiger partial charge in [0, 0.05) is 12.1 Å². The Hall–Kier alpha value is -0.570. The molecule has 0 radical (unpaired) electrons. The van der Waals surface area contributed by atoms with Crippen molar-refractivity contribution >= 4 is 5.91 Å². The number of hydrogen-bond donors (Lipinski definition) is 2. The van der Waals surface area contributed by atoms with Gasteiger partial charge in [0.15, 0.2) is 0 Å².